The molecule has 4 unspecified atom stereocenters. The SMILES string of the molecule is CC(OP(C)(=O)F)C(C)(C)C.CC(OP(C)(=O)O)C(C)(C)C.[O]=[Ti]=[O]. The molecule has 25 heavy (non-hydrogen) atoms. The molecule has 0 aromatic heterocycles. The van der Waals surface area contributed by atoms with Crippen LogP contribution in [0.4, 0.5) is 4.20 Å². The maximum absolute atomic E-state index is 12.5. The van der Waals surface area contributed by atoms with Crippen LogP contribution < -0.4 is 0 Å². The van der Waals surface area contributed by atoms with E-state index in [4.69, 9.17) is 20.6 Å². The second kappa shape index (κ2) is 12.1. The fourth-order valence-electron chi connectivity index (χ4n) is 0.892. The van der Waals surface area contributed by atoms with E-state index in [9.17, 15) is 13.3 Å². The summed E-state index contributed by atoms with van der Waals surface area (Å²) in [5, 5.41) is 0. The topological polar surface area (TPSA) is 107 Å². The Kier molecular flexibility index (Phi) is 14.7. The fraction of sp³-hybridized carbons (Fsp3) is 1.00. The van der Waals surface area contributed by atoms with Gasteiger partial charge in [0, 0.05) is 13.3 Å². The molecule has 0 fully saturated rings. The van der Waals surface area contributed by atoms with E-state index in [-0.39, 0.29) is 23.0 Å². The number of hydrogen-bond donors (Lipinski definition) is 1. The monoisotopic (exact) mass is 442 g/mol. The molecule has 0 aliphatic rings. The van der Waals surface area contributed by atoms with E-state index >= 15 is 0 Å². The summed E-state index contributed by atoms with van der Waals surface area (Å²) < 4.78 is 60.5. The summed E-state index contributed by atoms with van der Waals surface area (Å²) in [4.78, 5) is 8.88. The molecule has 0 heterocycles. The molecule has 0 aromatic carbocycles. The Morgan fingerprint density at radius 1 is 0.880 bits per heavy atom. The van der Waals surface area contributed by atoms with Gasteiger partial charge in [-0.05, 0) is 24.7 Å². The van der Waals surface area contributed by atoms with Gasteiger partial charge in [0.1, 0.15) is 0 Å². The van der Waals surface area contributed by atoms with Gasteiger partial charge in [-0.25, -0.2) is 0 Å². The predicted molar refractivity (Wildman–Crippen MR) is 91.8 cm³/mol. The van der Waals surface area contributed by atoms with E-state index in [1.165, 1.54) is 6.66 Å². The van der Waals surface area contributed by atoms with Crippen molar-refractivity contribution in [1.82, 2.24) is 0 Å². The van der Waals surface area contributed by atoms with Crippen molar-refractivity contribution in [3.63, 3.8) is 0 Å². The zero-order valence-corrected chi connectivity index (χ0v) is 20.2. The van der Waals surface area contributed by atoms with Gasteiger partial charge in [-0.15, -0.1) is 0 Å². The molecule has 0 amide bonds. The van der Waals surface area contributed by atoms with Crippen LogP contribution in [-0.2, 0) is 43.9 Å². The molecule has 11 heteroatoms. The molecule has 152 valence electrons. The third-order valence-corrected chi connectivity index (χ3v) is 4.54. The molecule has 0 saturated heterocycles. The first-order valence-corrected chi connectivity index (χ1v) is 12.9. The molecule has 7 nitrogen and oxygen atoms in total. The zero-order valence-electron chi connectivity index (χ0n) is 16.8. The minimum atomic E-state index is -3.82. The first kappa shape index (κ1) is 30.3. The van der Waals surface area contributed by atoms with E-state index in [2.05, 4.69) is 0 Å². The standard InChI is InChI=1S/C7H16FO2P.C7H17O3P.2O.Ti/c2*1-6(7(2,3)4)10-11(5,8)9;;;/h6H,1-5H3;6H,1-5H3,(H,8,9);;;. The minimum absolute atomic E-state index is 0.0889. The summed E-state index contributed by atoms with van der Waals surface area (Å²) in [5.41, 5.74) is -0.258. The van der Waals surface area contributed by atoms with Crippen molar-refractivity contribution in [3.05, 3.63) is 0 Å². The van der Waals surface area contributed by atoms with Crippen LogP contribution in [0.15, 0.2) is 0 Å². The van der Waals surface area contributed by atoms with Crippen LogP contribution in [0.5, 0.6) is 0 Å². The maximum atomic E-state index is 12.5. The van der Waals surface area contributed by atoms with Gasteiger partial charge in [-0.3, -0.25) is 9.13 Å². The number of hydrogen-bond acceptors (Lipinski definition) is 6. The summed E-state index contributed by atoms with van der Waals surface area (Å²) in [7, 11) is -7.14. The average molecular weight is 442 g/mol. The zero-order chi connectivity index (χ0) is 21.3. The molecule has 0 bridgehead atoms. The summed E-state index contributed by atoms with van der Waals surface area (Å²) in [6.07, 6.45) is -0.535. The molecule has 0 saturated carbocycles. The first-order valence-electron chi connectivity index (χ1n) is 7.61. The van der Waals surface area contributed by atoms with E-state index in [1.54, 1.807) is 13.8 Å². The number of halogens is 1. The normalized spacial score (nSPS) is 18.7. The van der Waals surface area contributed by atoms with Gasteiger partial charge in [0.15, 0.2) is 0 Å². The molecule has 0 spiro atoms. The van der Waals surface area contributed by atoms with E-state index in [1.807, 2.05) is 41.5 Å². The van der Waals surface area contributed by atoms with Crippen molar-refractivity contribution in [2.75, 3.05) is 13.3 Å². The van der Waals surface area contributed by atoms with Crippen LogP contribution in [0, 0.1) is 10.8 Å². The summed E-state index contributed by atoms with van der Waals surface area (Å²) in [6, 6.07) is 0. The van der Waals surface area contributed by atoms with Crippen molar-refractivity contribution in [1.29, 1.82) is 0 Å². The van der Waals surface area contributed by atoms with Crippen molar-refractivity contribution >= 4 is 15.3 Å². The van der Waals surface area contributed by atoms with Crippen LogP contribution in [0.2, 0.25) is 0 Å². The second-order valence-corrected chi connectivity index (χ2v) is 11.6. The van der Waals surface area contributed by atoms with Crippen molar-refractivity contribution in [2.24, 2.45) is 10.8 Å². The molecule has 4 atom stereocenters. The van der Waals surface area contributed by atoms with Crippen molar-refractivity contribution in [3.8, 4) is 0 Å². The van der Waals surface area contributed by atoms with Crippen LogP contribution in [0.25, 0.3) is 0 Å². The third kappa shape index (κ3) is 24.6. The molecule has 0 radical (unpaired) electrons. The molecule has 0 aromatic rings. The second-order valence-electron chi connectivity index (χ2n) is 7.86. The fourth-order valence-corrected chi connectivity index (χ4v) is 2.68. The Labute approximate surface area is 160 Å². The van der Waals surface area contributed by atoms with Crippen LogP contribution >= 0.6 is 15.3 Å². The third-order valence-electron chi connectivity index (χ3n) is 3.14. The molecular formula is C14H33FO7P2Ti. The van der Waals surface area contributed by atoms with Gasteiger partial charge >= 0.3 is 41.0 Å². The predicted octanol–water partition coefficient (Wildman–Crippen LogP) is 5.24. The van der Waals surface area contributed by atoms with Crippen LogP contribution in [0.1, 0.15) is 55.4 Å². The summed E-state index contributed by atoms with van der Waals surface area (Å²) >= 11 is -2.00. The van der Waals surface area contributed by atoms with Gasteiger partial charge in [0.05, 0.1) is 12.2 Å². The molecule has 0 aliphatic heterocycles. The molecule has 0 aliphatic carbocycles. The van der Waals surface area contributed by atoms with Crippen LogP contribution in [-0.4, -0.2) is 30.4 Å². The average Bonchev–Trinajstić information content (AvgIpc) is 2.23. The first-order chi connectivity index (χ1) is 10.7. The Balaban J connectivity index is -0.000000334. The Morgan fingerprint density at radius 2 is 1.12 bits per heavy atom. The van der Waals surface area contributed by atoms with Gasteiger partial charge in [0.2, 0.25) is 0 Å². The summed E-state index contributed by atoms with van der Waals surface area (Å²) in [6.45, 7) is 17.3. The molecule has 1 N–H and O–H groups in total. The Bertz CT molecular complexity index is 456. The Hall–Kier alpha value is 0.584. The van der Waals surface area contributed by atoms with Gasteiger partial charge < -0.3 is 13.9 Å². The number of rotatable bonds is 4. The van der Waals surface area contributed by atoms with Gasteiger partial charge in [-0.1, -0.05) is 41.5 Å². The Morgan fingerprint density at radius 3 is 1.20 bits per heavy atom. The van der Waals surface area contributed by atoms with Crippen LogP contribution in [0.3, 0.4) is 0 Å². The van der Waals surface area contributed by atoms with E-state index in [0.29, 0.717) is 0 Å². The molecular weight excluding hydrogens is 409 g/mol. The quantitative estimate of drug-likeness (QED) is 0.469. The van der Waals surface area contributed by atoms with Crippen molar-refractivity contribution < 1.29 is 53.0 Å². The van der Waals surface area contributed by atoms with Gasteiger partial charge in [0.25, 0.3) is 0 Å². The van der Waals surface area contributed by atoms with Crippen molar-refractivity contribution in [2.45, 2.75) is 67.6 Å². The summed E-state index contributed by atoms with van der Waals surface area (Å²) in [5.74, 6) is 0. The van der Waals surface area contributed by atoms with E-state index < -0.39 is 34.4 Å². The molecule has 0 rings (SSSR count). The van der Waals surface area contributed by atoms with E-state index in [0.717, 1.165) is 6.66 Å². The van der Waals surface area contributed by atoms with Gasteiger partial charge in [-0.2, -0.15) is 4.20 Å².